The van der Waals surface area contributed by atoms with Crippen molar-refractivity contribution in [2.75, 3.05) is 26.9 Å². The Bertz CT molecular complexity index is 1090. The fourth-order valence-corrected chi connectivity index (χ4v) is 3.95. The van der Waals surface area contributed by atoms with Gasteiger partial charge in [0.05, 0.1) is 38.6 Å². The predicted octanol–water partition coefficient (Wildman–Crippen LogP) is 3.74. The number of oxazole rings is 1. The maximum atomic E-state index is 13.3. The molecule has 0 N–H and O–H groups in total. The van der Waals surface area contributed by atoms with Crippen LogP contribution in [0, 0.1) is 6.92 Å². The second kappa shape index (κ2) is 9.11. The fraction of sp³-hybridized carbons (Fsp3) is 0.409. The molecule has 0 saturated heterocycles. The number of rotatable bonds is 7. The van der Waals surface area contributed by atoms with Crippen LogP contribution in [0.4, 0.5) is 0 Å². The van der Waals surface area contributed by atoms with Gasteiger partial charge in [0.15, 0.2) is 5.69 Å². The normalized spacial score (nSPS) is 13.4. The van der Waals surface area contributed by atoms with Crippen molar-refractivity contribution in [1.29, 1.82) is 0 Å². The van der Waals surface area contributed by atoms with Gasteiger partial charge in [0, 0.05) is 35.9 Å². The first-order valence-electron chi connectivity index (χ1n) is 10.2. The van der Waals surface area contributed by atoms with E-state index in [0.29, 0.717) is 72.9 Å². The fourth-order valence-electron chi connectivity index (χ4n) is 3.79. The van der Waals surface area contributed by atoms with Crippen LogP contribution in [-0.2, 0) is 24.2 Å². The molecule has 1 aliphatic heterocycles. The molecule has 1 amide bonds. The lowest BCUT2D eigenvalue weighted by Gasteiger charge is -2.28. The van der Waals surface area contributed by atoms with E-state index in [1.165, 1.54) is 7.11 Å². The molecule has 8 nitrogen and oxygen atoms in total. The zero-order valence-electron chi connectivity index (χ0n) is 17.9. The number of nitrogens with zero attached hydrogens (tertiary/aromatic N) is 4. The van der Waals surface area contributed by atoms with E-state index in [9.17, 15) is 4.79 Å². The van der Waals surface area contributed by atoms with Gasteiger partial charge in [-0.15, -0.1) is 0 Å². The van der Waals surface area contributed by atoms with Gasteiger partial charge in [0.25, 0.3) is 5.91 Å². The molecule has 0 unspecified atom stereocenters. The SMILES string of the molecule is CCOCCn1nc(-c2ncc(C)o2)c2c1CCN(C(=O)c1ccc(Cl)cc1OC)C2. The molecule has 0 fully saturated rings. The first-order valence-corrected chi connectivity index (χ1v) is 10.6. The van der Waals surface area contributed by atoms with Gasteiger partial charge in [0.1, 0.15) is 11.5 Å². The lowest BCUT2D eigenvalue weighted by atomic mass is 10.0. The number of hydrogen-bond donors (Lipinski definition) is 0. The largest absolute Gasteiger partial charge is 0.496 e. The van der Waals surface area contributed by atoms with Crippen LogP contribution in [0.1, 0.15) is 34.3 Å². The summed E-state index contributed by atoms with van der Waals surface area (Å²) in [7, 11) is 1.53. The zero-order chi connectivity index (χ0) is 22.0. The van der Waals surface area contributed by atoms with E-state index in [2.05, 4.69) is 4.98 Å². The minimum atomic E-state index is -0.115. The van der Waals surface area contributed by atoms with Crippen molar-refractivity contribution in [3.05, 3.63) is 52.0 Å². The number of carbonyl (C=O) groups excluding carboxylic acids is 1. The molecule has 0 spiro atoms. The molecule has 0 radical (unpaired) electrons. The van der Waals surface area contributed by atoms with E-state index in [1.54, 1.807) is 29.3 Å². The number of hydrogen-bond acceptors (Lipinski definition) is 6. The molecule has 1 aromatic carbocycles. The number of methoxy groups -OCH3 is 1. The average molecular weight is 445 g/mol. The Kier molecular flexibility index (Phi) is 6.29. The van der Waals surface area contributed by atoms with E-state index in [4.69, 9.17) is 30.6 Å². The van der Waals surface area contributed by atoms with Crippen LogP contribution < -0.4 is 4.74 Å². The Morgan fingerprint density at radius 3 is 2.90 bits per heavy atom. The summed E-state index contributed by atoms with van der Waals surface area (Å²) in [6.45, 7) is 6.65. The highest BCUT2D eigenvalue weighted by atomic mass is 35.5. The van der Waals surface area contributed by atoms with Gasteiger partial charge < -0.3 is 18.8 Å². The van der Waals surface area contributed by atoms with Gasteiger partial charge in [-0.05, 0) is 32.0 Å². The lowest BCUT2D eigenvalue weighted by Crippen LogP contribution is -2.36. The Morgan fingerprint density at radius 1 is 1.35 bits per heavy atom. The number of aromatic nitrogens is 3. The van der Waals surface area contributed by atoms with Crippen LogP contribution in [0.2, 0.25) is 5.02 Å². The second-order valence-corrected chi connectivity index (χ2v) is 7.73. The topological polar surface area (TPSA) is 82.6 Å². The van der Waals surface area contributed by atoms with Crippen LogP contribution in [0.3, 0.4) is 0 Å². The summed E-state index contributed by atoms with van der Waals surface area (Å²) in [5.41, 5.74) is 3.18. The molecule has 3 heterocycles. The molecule has 31 heavy (non-hydrogen) atoms. The quantitative estimate of drug-likeness (QED) is 0.516. The Morgan fingerprint density at radius 2 is 2.19 bits per heavy atom. The Hall–Kier alpha value is -2.84. The smallest absolute Gasteiger partial charge is 0.257 e. The highest BCUT2D eigenvalue weighted by molar-refractivity contribution is 6.30. The number of ether oxygens (including phenoxy) is 2. The Labute approximate surface area is 185 Å². The number of aryl methyl sites for hydroxylation is 1. The molecule has 1 aliphatic rings. The van der Waals surface area contributed by atoms with Crippen LogP contribution >= 0.6 is 11.6 Å². The predicted molar refractivity (Wildman–Crippen MR) is 115 cm³/mol. The van der Waals surface area contributed by atoms with E-state index in [0.717, 1.165) is 11.3 Å². The van der Waals surface area contributed by atoms with Gasteiger partial charge in [-0.2, -0.15) is 5.10 Å². The second-order valence-electron chi connectivity index (χ2n) is 7.29. The third-order valence-electron chi connectivity index (χ3n) is 5.29. The highest BCUT2D eigenvalue weighted by Crippen LogP contribution is 2.32. The molecule has 164 valence electrons. The number of amides is 1. The minimum Gasteiger partial charge on any atom is -0.496 e. The number of carbonyl (C=O) groups is 1. The van der Waals surface area contributed by atoms with Crippen molar-refractivity contribution in [2.24, 2.45) is 0 Å². The molecular formula is C22H25ClN4O4. The van der Waals surface area contributed by atoms with Crippen LogP contribution in [0.25, 0.3) is 11.6 Å². The van der Waals surface area contributed by atoms with Crippen molar-refractivity contribution in [1.82, 2.24) is 19.7 Å². The third-order valence-corrected chi connectivity index (χ3v) is 5.53. The molecule has 0 bridgehead atoms. The molecule has 9 heteroatoms. The maximum Gasteiger partial charge on any atom is 0.257 e. The average Bonchev–Trinajstić information content (AvgIpc) is 3.36. The molecule has 0 saturated carbocycles. The van der Waals surface area contributed by atoms with Crippen LogP contribution in [0.5, 0.6) is 5.75 Å². The maximum absolute atomic E-state index is 13.3. The van der Waals surface area contributed by atoms with E-state index in [1.807, 2.05) is 18.5 Å². The molecule has 3 aromatic rings. The lowest BCUT2D eigenvalue weighted by molar-refractivity contribution is 0.0729. The van der Waals surface area contributed by atoms with Gasteiger partial charge in [0.2, 0.25) is 5.89 Å². The highest BCUT2D eigenvalue weighted by Gasteiger charge is 2.31. The van der Waals surface area contributed by atoms with Gasteiger partial charge >= 0.3 is 0 Å². The third kappa shape index (κ3) is 4.31. The monoisotopic (exact) mass is 444 g/mol. The standard InChI is InChI=1S/C22H25ClN4O4/c1-4-30-10-9-27-18-7-8-26(22(28)16-6-5-15(23)11-19(16)29-3)13-17(18)20(25-27)21-24-12-14(2)31-21/h5-6,11-12H,4,7-10,13H2,1-3H3. The van der Waals surface area contributed by atoms with Crippen molar-refractivity contribution >= 4 is 17.5 Å². The van der Waals surface area contributed by atoms with Crippen LogP contribution in [0.15, 0.2) is 28.8 Å². The minimum absolute atomic E-state index is 0.115. The summed E-state index contributed by atoms with van der Waals surface area (Å²) >= 11 is 6.05. The van der Waals surface area contributed by atoms with Gasteiger partial charge in [-0.1, -0.05) is 11.6 Å². The van der Waals surface area contributed by atoms with Crippen molar-refractivity contribution in [3.63, 3.8) is 0 Å². The first kappa shape index (κ1) is 21.4. The number of benzene rings is 1. The summed E-state index contributed by atoms with van der Waals surface area (Å²) in [6.07, 6.45) is 2.35. The zero-order valence-corrected chi connectivity index (χ0v) is 18.6. The van der Waals surface area contributed by atoms with E-state index >= 15 is 0 Å². The van der Waals surface area contributed by atoms with Gasteiger partial charge in [-0.3, -0.25) is 9.48 Å². The molecule has 0 atom stereocenters. The summed E-state index contributed by atoms with van der Waals surface area (Å²) in [4.78, 5) is 19.4. The Balaban J connectivity index is 1.66. The molecule has 2 aromatic heterocycles. The van der Waals surface area contributed by atoms with Crippen molar-refractivity contribution in [3.8, 4) is 17.3 Å². The van der Waals surface area contributed by atoms with Gasteiger partial charge in [-0.25, -0.2) is 4.98 Å². The first-order chi connectivity index (χ1) is 15.0. The summed E-state index contributed by atoms with van der Waals surface area (Å²) in [6, 6.07) is 5.04. The van der Waals surface area contributed by atoms with Crippen molar-refractivity contribution in [2.45, 2.75) is 33.4 Å². The summed E-state index contributed by atoms with van der Waals surface area (Å²) in [5.74, 6) is 1.51. The summed E-state index contributed by atoms with van der Waals surface area (Å²) in [5, 5.41) is 5.28. The summed E-state index contributed by atoms with van der Waals surface area (Å²) < 4.78 is 18.6. The number of fused-ring (bicyclic) bond motifs is 1. The molecular weight excluding hydrogens is 420 g/mol. The molecule has 0 aliphatic carbocycles. The van der Waals surface area contributed by atoms with Crippen LogP contribution in [-0.4, -0.2) is 52.4 Å². The molecule has 4 rings (SSSR count). The van der Waals surface area contributed by atoms with E-state index in [-0.39, 0.29) is 5.91 Å². The van der Waals surface area contributed by atoms with Crippen molar-refractivity contribution < 1.29 is 18.7 Å². The van der Waals surface area contributed by atoms with E-state index < -0.39 is 0 Å². The number of halogens is 1.